The van der Waals surface area contributed by atoms with E-state index >= 15 is 0 Å². The lowest BCUT2D eigenvalue weighted by molar-refractivity contribution is 0.544. The summed E-state index contributed by atoms with van der Waals surface area (Å²) in [7, 11) is 0. The van der Waals surface area contributed by atoms with Gasteiger partial charge in [0.15, 0.2) is 0 Å². The molecule has 23 heavy (non-hydrogen) atoms. The monoisotopic (exact) mass is 442 g/mol. The third kappa shape index (κ3) is 5.87. The highest BCUT2D eigenvalue weighted by Crippen LogP contribution is 2.39. The maximum absolute atomic E-state index is 5.88. The Bertz CT molecular complexity index is 429. The number of anilines is 3. The molecule has 5 N–H and O–H groups in total. The van der Waals surface area contributed by atoms with Gasteiger partial charge in [-0.05, 0) is 6.92 Å². The van der Waals surface area contributed by atoms with Crippen molar-refractivity contribution in [3.8, 4) is 0 Å². The molecule has 0 radical (unpaired) electrons. The van der Waals surface area contributed by atoms with Crippen molar-refractivity contribution in [3.63, 3.8) is 0 Å². The largest absolute Gasteiger partial charge is 0.368 e. The second kappa shape index (κ2) is 9.59. The van der Waals surface area contributed by atoms with E-state index < -0.39 is 32.3 Å². The molecular formula is C11H16Cl6N6. The smallest absolute Gasteiger partial charge is 0.229 e. The van der Waals surface area contributed by atoms with Gasteiger partial charge < -0.3 is 16.8 Å². The molecule has 1 aromatic heterocycles. The number of nitrogen functional groups attached to an aromatic ring is 2. The second-order valence-electron chi connectivity index (χ2n) is 4.57. The Kier molecular flexibility index (Phi) is 8.83. The van der Waals surface area contributed by atoms with Gasteiger partial charge in [0.2, 0.25) is 17.8 Å². The summed E-state index contributed by atoms with van der Waals surface area (Å²) in [5, 5.41) is 0.247. The van der Waals surface area contributed by atoms with Crippen LogP contribution in [-0.4, -0.2) is 53.8 Å². The predicted molar refractivity (Wildman–Crippen MR) is 101 cm³/mol. The molecule has 0 unspecified atom stereocenters. The fraction of sp³-hybridized carbons (Fsp3) is 0.727. The van der Waals surface area contributed by atoms with Gasteiger partial charge in [-0.3, -0.25) is 0 Å². The summed E-state index contributed by atoms with van der Waals surface area (Å²) in [6.45, 7) is 2.65. The minimum absolute atomic E-state index is 0.133. The van der Waals surface area contributed by atoms with Crippen LogP contribution in [0.4, 0.5) is 17.8 Å². The Morgan fingerprint density at radius 2 is 1.04 bits per heavy atom. The average molecular weight is 445 g/mol. The molecule has 1 aliphatic carbocycles. The number of aromatic nitrogens is 3. The molecule has 132 valence electrons. The first kappa shape index (κ1) is 21.2. The number of rotatable bonds is 2. The third-order valence-electron chi connectivity index (χ3n) is 2.83. The van der Waals surface area contributed by atoms with E-state index in [9.17, 15) is 0 Å². The molecule has 1 aromatic rings. The van der Waals surface area contributed by atoms with Crippen LogP contribution in [0.25, 0.3) is 0 Å². The van der Waals surface area contributed by atoms with E-state index in [-0.39, 0.29) is 11.9 Å². The molecular weight excluding hydrogens is 429 g/mol. The zero-order chi connectivity index (χ0) is 17.7. The average Bonchev–Trinajstić information content (AvgIpc) is 2.49. The zero-order valence-corrected chi connectivity index (χ0v) is 16.5. The Hall–Kier alpha value is 0.150. The lowest BCUT2D eigenvalue weighted by Crippen LogP contribution is -2.52. The summed E-state index contributed by atoms with van der Waals surface area (Å²) in [6.07, 6.45) is 0. The van der Waals surface area contributed by atoms with Crippen molar-refractivity contribution in [3.05, 3.63) is 0 Å². The van der Waals surface area contributed by atoms with E-state index in [0.29, 0.717) is 5.95 Å². The number of halogens is 6. The molecule has 0 atom stereocenters. The van der Waals surface area contributed by atoms with Gasteiger partial charge in [0, 0.05) is 6.54 Å². The summed E-state index contributed by atoms with van der Waals surface area (Å²) < 4.78 is 0. The highest BCUT2D eigenvalue weighted by atomic mass is 35.5. The van der Waals surface area contributed by atoms with Crippen LogP contribution in [0.5, 0.6) is 0 Å². The van der Waals surface area contributed by atoms with E-state index in [1.807, 2.05) is 6.92 Å². The van der Waals surface area contributed by atoms with E-state index in [0.717, 1.165) is 6.54 Å². The summed E-state index contributed by atoms with van der Waals surface area (Å²) in [5.74, 6) is 0.680. The number of nitrogens with two attached hydrogens (primary N) is 2. The van der Waals surface area contributed by atoms with Gasteiger partial charge in [-0.2, -0.15) is 15.0 Å². The van der Waals surface area contributed by atoms with Crippen LogP contribution in [0.1, 0.15) is 6.92 Å². The van der Waals surface area contributed by atoms with Crippen LogP contribution in [0.2, 0.25) is 0 Å². The molecule has 0 aliphatic heterocycles. The fourth-order valence-corrected chi connectivity index (χ4v) is 4.03. The Labute approximate surface area is 164 Å². The second-order valence-corrected chi connectivity index (χ2v) is 7.60. The molecule has 0 saturated heterocycles. The number of nitrogens with zero attached hydrogens (tertiary/aromatic N) is 3. The van der Waals surface area contributed by atoms with Crippen LogP contribution >= 0.6 is 69.6 Å². The third-order valence-corrected chi connectivity index (χ3v) is 6.86. The quantitative estimate of drug-likeness (QED) is 0.605. The molecule has 2 rings (SSSR count). The maximum atomic E-state index is 5.88. The van der Waals surface area contributed by atoms with Crippen LogP contribution in [0.15, 0.2) is 0 Å². The molecule has 0 spiro atoms. The fourth-order valence-electron chi connectivity index (χ4n) is 1.70. The van der Waals surface area contributed by atoms with E-state index in [1.54, 1.807) is 0 Å². The first-order chi connectivity index (χ1) is 10.7. The summed E-state index contributed by atoms with van der Waals surface area (Å²) in [5.41, 5.74) is 10.6. The van der Waals surface area contributed by atoms with Gasteiger partial charge >= 0.3 is 0 Å². The van der Waals surface area contributed by atoms with Gasteiger partial charge in [0.05, 0.1) is 32.3 Å². The first-order valence-corrected chi connectivity index (χ1v) is 9.16. The van der Waals surface area contributed by atoms with Crippen molar-refractivity contribution in [2.24, 2.45) is 0 Å². The first-order valence-electron chi connectivity index (χ1n) is 6.54. The van der Waals surface area contributed by atoms with Crippen molar-refractivity contribution in [1.29, 1.82) is 0 Å². The number of hydrogen-bond donors (Lipinski definition) is 3. The molecule has 0 bridgehead atoms. The van der Waals surface area contributed by atoms with Gasteiger partial charge in [0.25, 0.3) is 0 Å². The lowest BCUT2D eigenvalue weighted by atomic mass is 9.97. The highest BCUT2D eigenvalue weighted by molar-refractivity contribution is 6.45. The van der Waals surface area contributed by atoms with E-state index in [1.165, 1.54) is 0 Å². The Morgan fingerprint density at radius 1 is 0.739 bits per heavy atom. The highest BCUT2D eigenvalue weighted by Gasteiger charge is 2.46. The molecule has 0 amide bonds. The minimum atomic E-state index is -0.437. The normalized spacial score (nSPS) is 33.5. The van der Waals surface area contributed by atoms with Gasteiger partial charge in [-0.1, -0.05) is 0 Å². The van der Waals surface area contributed by atoms with Crippen molar-refractivity contribution < 1.29 is 0 Å². The maximum Gasteiger partial charge on any atom is 0.229 e. The predicted octanol–water partition coefficient (Wildman–Crippen LogP) is 3.11. The summed E-state index contributed by atoms with van der Waals surface area (Å²) in [4.78, 5) is 11.2. The van der Waals surface area contributed by atoms with Gasteiger partial charge in [-0.25, -0.2) is 0 Å². The van der Waals surface area contributed by atoms with Crippen LogP contribution in [0, 0.1) is 0 Å². The van der Waals surface area contributed by atoms with Crippen molar-refractivity contribution in [2.45, 2.75) is 39.2 Å². The summed E-state index contributed by atoms with van der Waals surface area (Å²) >= 11 is 35.3. The SMILES string of the molecule is CCNc1nc(N)nc(N)n1.Cl[C@H]1[C@H](Cl)[C@@H](Cl)[C@@H](Cl)[C@H](Cl)[C@H]1Cl. The molecule has 1 fully saturated rings. The molecule has 12 heteroatoms. The van der Waals surface area contributed by atoms with Gasteiger partial charge in [-0.15, -0.1) is 69.6 Å². The van der Waals surface area contributed by atoms with Gasteiger partial charge in [0.1, 0.15) is 0 Å². The Morgan fingerprint density at radius 3 is 1.30 bits per heavy atom. The molecule has 1 saturated carbocycles. The minimum Gasteiger partial charge on any atom is -0.368 e. The number of alkyl halides is 6. The van der Waals surface area contributed by atoms with Crippen molar-refractivity contribution in [1.82, 2.24) is 15.0 Å². The zero-order valence-electron chi connectivity index (χ0n) is 11.9. The molecule has 0 aromatic carbocycles. The standard InChI is InChI=1S/C6H6Cl6.C5H10N6/c7-1-2(8)4(10)6(12)5(11)3(1)9;1-2-8-5-10-3(6)9-4(7)11-5/h1-6H;2H2,1H3,(H5,6,7,8,9,10,11)/t1-,2-,3-,4+,5+,6+;. The number of nitrogens with one attached hydrogen (secondary N) is 1. The molecule has 1 aliphatic rings. The van der Waals surface area contributed by atoms with Crippen molar-refractivity contribution >= 4 is 87.5 Å². The topological polar surface area (TPSA) is 103 Å². The Balaban J connectivity index is 0.000000231. The lowest BCUT2D eigenvalue weighted by Gasteiger charge is -2.37. The molecule has 6 nitrogen and oxygen atoms in total. The van der Waals surface area contributed by atoms with Crippen LogP contribution in [0.3, 0.4) is 0 Å². The number of hydrogen-bond acceptors (Lipinski definition) is 6. The van der Waals surface area contributed by atoms with E-state index in [2.05, 4.69) is 20.3 Å². The van der Waals surface area contributed by atoms with E-state index in [4.69, 9.17) is 81.1 Å². The van der Waals surface area contributed by atoms with Crippen LogP contribution in [-0.2, 0) is 0 Å². The molecule has 1 heterocycles. The summed E-state index contributed by atoms with van der Waals surface area (Å²) in [6, 6.07) is 0. The van der Waals surface area contributed by atoms with Crippen molar-refractivity contribution in [2.75, 3.05) is 23.3 Å². The van der Waals surface area contributed by atoms with Crippen LogP contribution < -0.4 is 16.8 Å².